The molecule has 100 valence electrons. The molecule has 1 aliphatic carbocycles. The minimum Gasteiger partial charge on any atom is -0.396 e. The van der Waals surface area contributed by atoms with E-state index in [1.807, 2.05) is 0 Å². The molecule has 0 atom stereocenters. The van der Waals surface area contributed by atoms with Crippen LogP contribution in [0.5, 0.6) is 0 Å². The van der Waals surface area contributed by atoms with Gasteiger partial charge >= 0.3 is 0 Å². The number of nitrogen functional groups attached to an aromatic ring is 1. The van der Waals surface area contributed by atoms with E-state index in [0.717, 1.165) is 18.9 Å². The molecule has 0 bridgehead atoms. The standard InChI is InChI=1S/C12H20N4O2/c13-11-6-15-16(7-11)8-12(17)14-4-1-5-18-9-10-2-3-10/h6-7,10H,1-5,8-9,13H2,(H,14,17). The van der Waals surface area contributed by atoms with E-state index in [1.54, 1.807) is 6.20 Å². The lowest BCUT2D eigenvalue weighted by Crippen LogP contribution is -2.29. The number of nitrogens with zero attached hydrogens (tertiary/aromatic N) is 2. The van der Waals surface area contributed by atoms with Gasteiger partial charge < -0.3 is 15.8 Å². The van der Waals surface area contributed by atoms with Crippen molar-refractivity contribution in [3.05, 3.63) is 12.4 Å². The Morgan fingerprint density at radius 3 is 3.11 bits per heavy atom. The lowest BCUT2D eigenvalue weighted by atomic mass is 10.4. The summed E-state index contributed by atoms with van der Waals surface area (Å²) in [5.41, 5.74) is 6.07. The summed E-state index contributed by atoms with van der Waals surface area (Å²) >= 11 is 0. The predicted octanol–water partition coefficient (Wildman–Crippen LogP) is 0.398. The molecular weight excluding hydrogens is 232 g/mol. The Kier molecular flexibility index (Phi) is 4.58. The number of rotatable bonds is 8. The van der Waals surface area contributed by atoms with Gasteiger partial charge in [-0.1, -0.05) is 0 Å². The van der Waals surface area contributed by atoms with Crippen LogP contribution >= 0.6 is 0 Å². The topological polar surface area (TPSA) is 82.2 Å². The van der Waals surface area contributed by atoms with Crippen molar-refractivity contribution in [2.24, 2.45) is 5.92 Å². The number of carbonyl (C=O) groups is 1. The van der Waals surface area contributed by atoms with Crippen LogP contribution in [0.3, 0.4) is 0 Å². The molecule has 0 aromatic carbocycles. The fourth-order valence-electron chi connectivity index (χ4n) is 1.61. The second-order valence-electron chi connectivity index (χ2n) is 4.69. The van der Waals surface area contributed by atoms with Gasteiger partial charge in [0.2, 0.25) is 5.91 Å². The van der Waals surface area contributed by atoms with E-state index in [4.69, 9.17) is 10.5 Å². The Balaban J connectivity index is 1.48. The zero-order valence-corrected chi connectivity index (χ0v) is 10.5. The maximum absolute atomic E-state index is 11.5. The minimum atomic E-state index is -0.0553. The summed E-state index contributed by atoms with van der Waals surface area (Å²) in [4.78, 5) is 11.5. The molecule has 1 saturated carbocycles. The third-order valence-corrected chi connectivity index (χ3v) is 2.80. The van der Waals surface area contributed by atoms with Gasteiger partial charge in [0.25, 0.3) is 0 Å². The number of hydrogen-bond acceptors (Lipinski definition) is 4. The largest absolute Gasteiger partial charge is 0.396 e. The van der Waals surface area contributed by atoms with E-state index in [1.165, 1.54) is 23.7 Å². The van der Waals surface area contributed by atoms with Crippen molar-refractivity contribution in [1.82, 2.24) is 15.1 Å². The highest BCUT2D eigenvalue weighted by atomic mass is 16.5. The van der Waals surface area contributed by atoms with Gasteiger partial charge in [-0.25, -0.2) is 0 Å². The van der Waals surface area contributed by atoms with Crippen LogP contribution in [0.15, 0.2) is 12.4 Å². The van der Waals surface area contributed by atoms with Crippen molar-refractivity contribution in [1.29, 1.82) is 0 Å². The van der Waals surface area contributed by atoms with E-state index in [9.17, 15) is 4.79 Å². The first-order valence-corrected chi connectivity index (χ1v) is 6.36. The summed E-state index contributed by atoms with van der Waals surface area (Å²) in [6, 6.07) is 0. The summed E-state index contributed by atoms with van der Waals surface area (Å²) < 4.78 is 7.00. The van der Waals surface area contributed by atoms with Gasteiger partial charge in [0.1, 0.15) is 6.54 Å². The zero-order valence-electron chi connectivity index (χ0n) is 10.5. The minimum absolute atomic E-state index is 0.0553. The van der Waals surface area contributed by atoms with Crippen LogP contribution in [0.25, 0.3) is 0 Å². The summed E-state index contributed by atoms with van der Waals surface area (Å²) in [5.74, 6) is 0.741. The lowest BCUT2D eigenvalue weighted by molar-refractivity contribution is -0.121. The van der Waals surface area contributed by atoms with E-state index < -0.39 is 0 Å². The van der Waals surface area contributed by atoms with E-state index in [-0.39, 0.29) is 12.5 Å². The van der Waals surface area contributed by atoms with Crippen molar-refractivity contribution < 1.29 is 9.53 Å². The Bertz CT molecular complexity index is 387. The Hall–Kier alpha value is -1.56. The Morgan fingerprint density at radius 1 is 1.61 bits per heavy atom. The highest BCUT2D eigenvalue weighted by Gasteiger charge is 2.20. The first-order valence-electron chi connectivity index (χ1n) is 6.36. The van der Waals surface area contributed by atoms with Gasteiger partial charge in [0.05, 0.1) is 11.9 Å². The van der Waals surface area contributed by atoms with Crippen LogP contribution in [-0.4, -0.2) is 35.4 Å². The van der Waals surface area contributed by atoms with Crippen molar-refractivity contribution in [3.63, 3.8) is 0 Å². The summed E-state index contributed by atoms with van der Waals surface area (Å²) in [5, 5.41) is 6.77. The van der Waals surface area contributed by atoms with Crippen molar-refractivity contribution in [3.8, 4) is 0 Å². The fraction of sp³-hybridized carbons (Fsp3) is 0.667. The molecule has 1 heterocycles. The van der Waals surface area contributed by atoms with E-state index in [0.29, 0.717) is 18.8 Å². The number of hydrogen-bond donors (Lipinski definition) is 2. The second-order valence-corrected chi connectivity index (χ2v) is 4.69. The molecule has 1 amide bonds. The maximum Gasteiger partial charge on any atom is 0.241 e. The number of nitrogens with one attached hydrogen (secondary N) is 1. The number of aromatic nitrogens is 2. The molecular formula is C12H20N4O2. The van der Waals surface area contributed by atoms with Crippen LogP contribution in [0.4, 0.5) is 5.69 Å². The van der Waals surface area contributed by atoms with E-state index in [2.05, 4.69) is 10.4 Å². The first kappa shape index (κ1) is 12.9. The third-order valence-electron chi connectivity index (χ3n) is 2.80. The third kappa shape index (κ3) is 4.75. The molecule has 2 rings (SSSR count). The Labute approximate surface area is 106 Å². The van der Waals surface area contributed by atoms with Gasteiger partial charge in [-0.05, 0) is 25.2 Å². The van der Waals surface area contributed by atoms with Gasteiger partial charge in [0, 0.05) is 26.0 Å². The van der Waals surface area contributed by atoms with Gasteiger partial charge in [-0.3, -0.25) is 9.48 Å². The SMILES string of the molecule is Nc1cnn(CC(=O)NCCCOCC2CC2)c1. The molecule has 0 aliphatic heterocycles. The summed E-state index contributed by atoms with van der Waals surface area (Å²) in [7, 11) is 0. The lowest BCUT2D eigenvalue weighted by Gasteiger charge is -2.06. The maximum atomic E-state index is 11.5. The van der Waals surface area contributed by atoms with Crippen molar-refractivity contribution in [2.75, 3.05) is 25.5 Å². The van der Waals surface area contributed by atoms with Crippen molar-refractivity contribution >= 4 is 11.6 Å². The highest BCUT2D eigenvalue weighted by molar-refractivity contribution is 5.75. The van der Waals surface area contributed by atoms with Crippen LogP contribution in [0.2, 0.25) is 0 Å². The summed E-state index contributed by atoms with van der Waals surface area (Å²) in [6.45, 7) is 2.44. The molecule has 0 saturated heterocycles. The molecule has 3 N–H and O–H groups in total. The first-order chi connectivity index (χ1) is 8.74. The molecule has 6 heteroatoms. The van der Waals surface area contributed by atoms with Gasteiger partial charge in [-0.15, -0.1) is 0 Å². The number of amides is 1. The fourth-order valence-corrected chi connectivity index (χ4v) is 1.61. The molecule has 1 aromatic heterocycles. The number of carbonyl (C=O) groups excluding carboxylic acids is 1. The van der Waals surface area contributed by atoms with Gasteiger partial charge in [0.15, 0.2) is 0 Å². The van der Waals surface area contributed by atoms with Crippen LogP contribution in [0, 0.1) is 5.92 Å². The number of ether oxygens (including phenoxy) is 1. The number of nitrogens with two attached hydrogens (primary N) is 1. The van der Waals surface area contributed by atoms with Gasteiger partial charge in [-0.2, -0.15) is 5.10 Å². The highest BCUT2D eigenvalue weighted by Crippen LogP contribution is 2.28. The van der Waals surface area contributed by atoms with Crippen LogP contribution < -0.4 is 11.1 Å². The summed E-state index contributed by atoms with van der Waals surface area (Å²) in [6.07, 6.45) is 6.63. The molecule has 6 nitrogen and oxygen atoms in total. The Morgan fingerprint density at radius 2 is 2.44 bits per heavy atom. The number of anilines is 1. The smallest absolute Gasteiger partial charge is 0.241 e. The van der Waals surface area contributed by atoms with Crippen LogP contribution in [0.1, 0.15) is 19.3 Å². The molecule has 1 aliphatic rings. The average Bonchev–Trinajstić information content (AvgIpc) is 3.07. The van der Waals surface area contributed by atoms with E-state index >= 15 is 0 Å². The van der Waals surface area contributed by atoms with Crippen molar-refractivity contribution in [2.45, 2.75) is 25.8 Å². The average molecular weight is 252 g/mol. The zero-order chi connectivity index (χ0) is 12.8. The monoisotopic (exact) mass is 252 g/mol. The predicted molar refractivity (Wildman–Crippen MR) is 67.8 cm³/mol. The molecule has 0 unspecified atom stereocenters. The normalized spacial score (nSPS) is 14.7. The molecule has 18 heavy (non-hydrogen) atoms. The van der Waals surface area contributed by atoms with Crippen LogP contribution in [-0.2, 0) is 16.1 Å². The molecule has 1 fully saturated rings. The molecule has 1 aromatic rings. The molecule has 0 radical (unpaired) electrons. The quantitative estimate of drug-likeness (QED) is 0.656. The second kappa shape index (κ2) is 6.39. The molecule has 0 spiro atoms.